The molecule has 17 heavy (non-hydrogen) atoms. The van der Waals surface area contributed by atoms with Crippen molar-refractivity contribution in [2.75, 3.05) is 5.73 Å². The van der Waals surface area contributed by atoms with Crippen LogP contribution >= 0.6 is 0 Å². The molecule has 1 aliphatic carbocycles. The molecule has 2 aliphatic rings. The summed E-state index contributed by atoms with van der Waals surface area (Å²) in [4.78, 5) is 4.82. The lowest BCUT2D eigenvalue weighted by molar-refractivity contribution is 0.625. The molecule has 0 spiro atoms. The highest BCUT2D eigenvalue weighted by Gasteiger charge is 2.18. The van der Waals surface area contributed by atoms with Gasteiger partial charge in [0, 0.05) is 5.69 Å². The van der Waals surface area contributed by atoms with Gasteiger partial charge in [-0.15, -0.1) is 0 Å². The van der Waals surface area contributed by atoms with Crippen molar-refractivity contribution in [2.24, 2.45) is 4.99 Å². The normalized spacial score (nSPS) is 22.7. The van der Waals surface area contributed by atoms with Crippen LogP contribution in [0.3, 0.4) is 0 Å². The van der Waals surface area contributed by atoms with Gasteiger partial charge in [-0.25, -0.2) is 0 Å². The minimum absolute atomic E-state index is 0.376. The zero-order chi connectivity index (χ0) is 11.7. The summed E-state index contributed by atoms with van der Waals surface area (Å²) in [6.07, 6.45) is 10.3. The zero-order valence-electron chi connectivity index (χ0n) is 9.76. The van der Waals surface area contributed by atoms with Gasteiger partial charge >= 0.3 is 0 Å². The molecule has 0 fully saturated rings. The summed E-state index contributed by atoms with van der Waals surface area (Å²) >= 11 is 0. The predicted octanol–water partition coefficient (Wildman–Crippen LogP) is 3.11. The van der Waals surface area contributed by atoms with Crippen LogP contribution in [0.25, 0.3) is 0 Å². The molecule has 0 radical (unpaired) electrons. The fourth-order valence-corrected chi connectivity index (χ4v) is 2.41. The molecular formula is C15H16N2. The lowest BCUT2D eigenvalue weighted by Gasteiger charge is -2.23. The van der Waals surface area contributed by atoms with E-state index in [1.54, 1.807) is 0 Å². The molecule has 0 saturated carbocycles. The van der Waals surface area contributed by atoms with Crippen molar-refractivity contribution in [3.05, 3.63) is 53.6 Å². The van der Waals surface area contributed by atoms with Crippen molar-refractivity contribution < 1.29 is 0 Å². The van der Waals surface area contributed by atoms with E-state index < -0.39 is 0 Å². The highest BCUT2D eigenvalue weighted by molar-refractivity contribution is 6.09. The summed E-state index contributed by atoms with van der Waals surface area (Å²) in [5.41, 5.74) is 10.1. The van der Waals surface area contributed by atoms with Crippen LogP contribution in [-0.4, -0.2) is 11.8 Å². The molecule has 1 aromatic rings. The average molecular weight is 224 g/mol. The van der Waals surface area contributed by atoms with E-state index in [0.29, 0.717) is 6.04 Å². The average Bonchev–Trinajstić information content (AvgIpc) is 2.39. The topological polar surface area (TPSA) is 38.4 Å². The number of allylic oxidation sites excluding steroid dienone is 2. The van der Waals surface area contributed by atoms with E-state index >= 15 is 0 Å². The molecule has 2 nitrogen and oxygen atoms in total. The van der Waals surface area contributed by atoms with Crippen molar-refractivity contribution in [1.29, 1.82) is 0 Å². The van der Waals surface area contributed by atoms with Gasteiger partial charge in [-0.3, -0.25) is 4.99 Å². The number of anilines is 1. The number of hydrogen-bond acceptors (Lipinski definition) is 2. The van der Waals surface area contributed by atoms with Gasteiger partial charge in [-0.1, -0.05) is 24.3 Å². The van der Waals surface area contributed by atoms with Crippen molar-refractivity contribution in [3.8, 4) is 0 Å². The monoisotopic (exact) mass is 224 g/mol. The van der Waals surface area contributed by atoms with E-state index in [-0.39, 0.29) is 0 Å². The van der Waals surface area contributed by atoms with Gasteiger partial charge in [-0.05, 0) is 48.6 Å². The van der Waals surface area contributed by atoms with E-state index in [0.717, 1.165) is 17.0 Å². The second-order valence-electron chi connectivity index (χ2n) is 4.62. The van der Waals surface area contributed by atoms with Crippen molar-refractivity contribution in [1.82, 2.24) is 0 Å². The van der Waals surface area contributed by atoms with Crippen LogP contribution in [0.5, 0.6) is 0 Å². The summed E-state index contributed by atoms with van der Waals surface area (Å²) in [6, 6.07) is 8.31. The minimum atomic E-state index is 0.376. The Morgan fingerprint density at radius 2 is 1.94 bits per heavy atom. The quantitative estimate of drug-likeness (QED) is 0.731. The molecule has 0 saturated heterocycles. The maximum absolute atomic E-state index is 5.70. The van der Waals surface area contributed by atoms with Gasteiger partial charge in [-0.2, -0.15) is 0 Å². The summed E-state index contributed by atoms with van der Waals surface area (Å²) in [5.74, 6) is 0. The van der Waals surface area contributed by atoms with Crippen molar-refractivity contribution >= 4 is 11.4 Å². The van der Waals surface area contributed by atoms with E-state index in [4.69, 9.17) is 10.7 Å². The highest BCUT2D eigenvalue weighted by Crippen LogP contribution is 2.26. The first-order valence-corrected chi connectivity index (χ1v) is 6.15. The maximum atomic E-state index is 5.70. The molecule has 2 heteroatoms. The lowest BCUT2D eigenvalue weighted by Crippen LogP contribution is -2.17. The number of hydrogen-bond donors (Lipinski definition) is 1. The van der Waals surface area contributed by atoms with Gasteiger partial charge < -0.3 is 5.73 Å². The Morgan fingerprint density at radius 1 is 1.12 bits per heavy atom. The van der Waals surface area contributed by atoms with Gasteiger partial charge in [0.25, 0.3) is 0 Å². The van der Waals surface area contributed by atoms with Crippen LogP contribution in [-0.2, 0) is 0 Å². The minimum Gasteiger partial charge on any atom is -0.399 e. The van der Waals surface area contributed by atoms with E-state index in [1.807, 2.05) is 24.3 Å². The molecular weight excluding hydrogens is 208 g/mol. The Morgan fingerprint density at radius 3 is 2.76 bits per heavy atom. The molecule has 1 aromatic carbocycles. The Bertz CT molecular complexity index is 506. The fourth-order valence-electron chi connectivity index (χ4n) is 2.41. The van der Waals surface area contributed by atoms with E-state index in [1.165, 1.54) is 24.8 Å². The third kappa shape index (κ3) is 2.03. The van der Waals surface area contributed by atoms with Gasteiger partial charge in [0.05, 0.1) is 11.8 Å². The molecule has 1 aliphatic heterocycles. The second kappa shape index (κ2) is 4.21. The van der Waals surface area contributed by atoms with Gasteiger partial charge in [0.2, 0.25) is 0 Å². The third-order valence-corrected chi connectivity index (χ3v) is 3.38. The number of rotatable bonds is 1. The van der Waals surface area contributed by atoms with Crippen molar-refractivity contribution in [3.63, 3.8) is 0 Å². The smallest absolute Gasteiger partial charge is 0.0753 e. The molecule has 0 bridgehead atoms. The number of fused-ring (bicyclic) bond motifs is 1. The summed E-state index contributed by atoms with van der Waals surface area (Å²) < 4.78 is 0. The first kappa shape index (κ1) is 10.3. The molecule has 86 valence electrons. The van der Waals surface area contributed by atoms with Crippen LogP contribution in [0.2, 0.25) is 0 Å². The molecule has 2 N–H and O–H groups in total. The second-order valence-corrected chi connectivity index (χ2v) is 4.62. The Kier molecular flexibility index (Phi) is 2.56. The fraction of sp³-hybridized carbons (Fsp3) is 0.267. The summed E-state index contributed by atoms with van der Waals surface area (Å²) in [5, 5.41) is 0. The Labute approximate surface area is 102 Å². The first-order valence-electron chi connectivity index (χ1n) is 6.15. The molecule has 0 amide bonds. The first-order chi connectivity index (χ1) is 8.33. The molecule has 1 atom stereocenters. The molecule has 3 rings (SSSR count). The summed E-state index contributed by atoms with van der Waals surface area (Å²) in [7, 11) is 0. The number of nitrogen functional groups attached to an aromatic ring is 1. The van der Waals surface area contributed by atoms with Gasteiger partial charge in [0.1, 0.15) is 0 Å². The number of benzene rings is 1. The molecule has 0 aromatic heterocycles. The van der Waals surface area contributed by atoms with E-state index in [2.05, 4.69) is 18.2 Å². The van der Waals surface area contributed by atoms with Crippen LogP contribution in [0, 0.1) is 0 Å². The number of nitrogens with two attached hydrogens (primary N) is 1. The zero-order valence-corrected chi connectivity index (χ0v) is 9.76. The Balaban J connectivity index is 1.92. The lowest BCUT2D eigenvalue weighted by atomic mass is 9.91. The number of dihydropyridines is 1. The standard InChI is InChI=1S/C15H16N2/c16-13-8-5-12(6-9-13)15-10-7-11-3-1-2-4-14(11)17-15/h3,5-10,14H,1-2,4,16H2. The third-order valence-electron chi connectivity index (χ3n) is 3.38. The Hall–Kier alpha value is -1.83. The van der Waals surface area contributed by atoms with Crippen LogP contribution < -0.4 is 5.73 Å². The SMILES string of the molecule is Nc1ccc(C2=NC3CCCC=C3C=C2)cc1. The van der Waals surface area contributed by atoms with E-state index in [9.17, 15) is 0 Å². The maximum Gasteiger partial charge on any atom is 0.0753 e. The van der Waals surface area contributed by atoms with Crippen LogP contribution in [0.1, 0.15) is 24.8 Å². The largest absolute Gasteiger partial charge is 0.399 e. The predicted molar refractivity (Wildman–Crippen MR) is 72.3 cm³/mol. The van der Waals surface area contributed by atoms with Crippen LogP contribution in [0.4, 0.5) is 5.69 Å². The number of nitrogens with zero attached hydrogens (tertiary/aromatic N) is 1. The van der Waals surface area contributed by atoms with Gasteiger partial charge in [0.15, 0.2) is 0 Å². The van der Waals surface area contributed by atoms with Crippen molar-refractivity contribution in [2.45, 2.75) is 25.3 Å². The van der Waals surface area contributed by atoms with Crippen LogP contribution in [0.15, 0.2) is 53.1 Å². The molecule has 1 unspecified atom stereocenters. The summed E-state index contributed by atoms with van der Waals surface area (Å²) in [6.45, 7) is 0. The highest BCUT2D eigenvalue weighted by atomic mass is 14.8. The molecule has 1 heterocycles. The number of aliphatic imine (C=N–C) groups is 1.